The Morgan fingerprint density at radius 2 is 2.11 bits per heavy atom. The first kappa shape index (κ1) is 15.7. The van der Waals surface area contributed by atoms with Crippen LogP contribution in [0, 0.1) is 17.8 Å². The van der Waals surface area contributed by atoms with Crippen molar-refractivity contribution in [2.75, 3.05) is 13.2 Å². The molecular weight excluding hydrogens is 246 g/mol. The lowest BCUT2D eigenvalue weighted by atomic mass is 9.95. The number of carboxylic acid groups (broad SMARTS) is 1. The molecule has 0 aromatic rings. The summed E-state index contributed by atoms with van der Waals surface area (Å²) in [6, 6.07) is 0. The summed E-state index contributed by atoms with van der Waals surface area (Å²) < 4.78 is 5.35. The van der Waals surface area contributed by atoms with Crippen LogP contribution in [0.2, 0.25) is 0 Å². The van der Waals surface area contributed by atoms with Gasteiger partial charge in [0.15, 0.2) is 0 Å². The quantitative estimate of drug-likeness (QED) is 0.686. The van der Waals surface area contributed by atoms with Crippen LogP contribution in [0.15, 0.2) is 12.7 Å². The highest BCUT2D eigenvalue weighted by Gasteiger charge is 2.41. The number of hydrogen-bond donors (Lipinski definition) is 2. The molecule has 1 aliphatic rings. The number of carbonyl (C=O) groups is 2. The molecule has 0 spiro atoms. The Kier molecular flexibility index (Phi) is 6.02. The number of carboxylic acids is 1. The van der Waals surface area contributed by atoms with E-state index in [-0.39, 0.29) is 17.9 Å². The van der Waals surface area contributed by atoms with Crippen LogP contribution in [-0.2, 0) is 14.3 Å². The summed E-state index contributed by atoms with van der Waals surface area (Å²) >= 11 is 0. The standard InChI is InChI=1S/C14H23NO4/c1-4-5-19-10(3)8-15-13(16)11-6-9(2)7-12(11)14(17)18/h4,9-12H,1,5-8H2,2-3H3,(H,15,16)(H,17,18). The Bertz CT molecular complexity index is 342. The highest BCUT2D eigenvalue weighted by molar-refractivity contribution is 5.85. The zero-order chi connectivity index (χ0) is 14.4. The number of hydrogen-bond acceptors (Lipinski definition) is 3. The normalized spacial score (nSPS) is 27.8. The van der Waals surface area contributed by atoms with E-state index in [1.807, 2.05) is 13.8 Å². The van der Waals surface area contributed by atoms with Gasteiger partial charge in [-0.05, 0) is 25.7 Å². The molecule has 5 nitrogen and oxygen atoms in total. The van der Waals surface area contributed by atoms with Crippen LogP contribution in [0.5, 0.6) is 0 Å². The number of nitrogens with one attached hydrogen (secondary N) is 1. The van der Waals surface area contributed by atoms with Crippen molar-refractivity contribution in [2.45, 2.75) is 32.8 Å². The van der Waals surface area contributed by atoms with Crippen molar-refractivity contribution in [3.63, 3.8) is 0 Å². The third-order valence-corrected chi connectivity index (χ3v) is 3.51. The Hall–Kier alpha value is -1.36. The van der Waals surface area contributed by atoms with E-state index in [4.69, 9.17) is 9.84 Å². The molecule has 0 heterocycles. The van der Waals surface area contributed by atoms with E-state index in [0.29, 0.717) is 26.0 Å². The van der Waals surface area contributed by atoms with Gasteiger partial charge in [-0.25, -0.2) is 0 Å². The molecule has 0 aliphatic heterocycles. The molecule has 0 aromatic carbocycles. The first-order chi connectivity index (χ1) is 8.95. The smallest absolute Gasteiger partial charge is 0.307 e. The lowest BCUT2D eigenvalue weighted by Gasteiger charge is -2.18. The molecule has 4 unspecified atom stereocenters. The fraction of sp³-hybridized carbons (Fsp3) is 0.714. The monoisotopic (exact) mass is 269 g/mol. The first-order valence-corrected chi connectivity index (χ1v) is 6.68. The maximum Gasteiger partial charge on any atom is 0.307 e. The Morgan fingerprint density at radius 3 is 2.68 bits per heavy atom. The van der Waals surface area contributed by atoms with E-state index in [2.05, 4.69) is 11.9 Å². The van der Waals surface area contributed by atoms with Gasteiger partial charge in [-0.1, -0.05) is 13.0 Å². The van der Waals surface area contributed by atoms with Crippen LogP contribution in [0.4, 0.5) is 0 Å². The van der Waals surface area contributed by atoms with E-state index in [1.54, 1.807) is 6.08 Å². The molecule has 5 heteroatoms. The second-order valence-electron chi connectivity index (χ2n) is 5.31. The topological polar surface area (TPSA) is 75.6 Å². The van der Waals surface area contributed by atoms with Gasteiger partial charge in [0.1, 0.15) is 0 Å². The van der Waals surface area contributed by atoms with Gasteiger partial charge in [-0.2, -0.15) is 0 Å². The largest absolute Gasteiger partial charge is 0.481 e. The summed E-state index contributed by atoms with van der Waals surface area (Å²) in [4.78, 5) is 23.2. The van der Waals surface area contributed by atoms with Gasteiger partial charge in [0.2, 0.25) is 5.91 Å². The molecular formula is C14H23NO4. The average Bonchev–Trinajstić information content (AvgIpc) is 2.75. The van der Waals surface area contributed by atoms with Crippen LogP contribution in [0.25, 0.3) is 0 Å². The number of amides is 1. The minimum absolute atomic E-state index is 0.107. The number of ether oxygens (including phenoxy) is 1. The molecule has 1 saturated carbocycles. The predicted octanol–water partition coefficient (Wildman–Crippen LogP) is 1.44. The van der Waals surface area contributed by atoms with Crippen molar-refractivity contribution in [3.05, 3.63) is 12.7 Å². The van der Waals surface area contributed by atoms with Crippen molar-refractivity contribution in [1.29, 1.82) is 0 Å². The number of carbonyl (C=O) groups excluding carboxylic acids is 1. The summed E-state index contributed by atoms with van der Waals surface area (Å²) in [5, 5.41) is 11.9. The van der Waals surface area contributed by atoms with E-state index < -0.39 is 17.8 Å². The van der Waals surface area contributed by atoms with Crippen LogP contribution in [-0.4, -0.2) is 36.2 Å². The Morgan fingerprint density at radius 1 is 1.47 bits per heavy atom. The summed E-state index contributed by atoms with van der Waals surface area (Å²) in [6.45, 7) is 8.23. The van der Waals surface area contributed by atoms with Crippen LogP contribution < -0.4 is 5.32 Å². The minimum atomic E-state index is -0.875. The van der Waals surface area contributed by atoms with Gasteiger partial charge in [0.25, 0.3) is 0 Å². The number of aliphatic carboxylic acids is 1. The molecule has 1 aliphatic carbocycles. The molecule has 2 N–H and O–H groups in total. The fourth-order valence-corrected chi connectivity index (χ4v) is 2.52. The van der Waals surface area contributed by atoms with Gasteiger partial charge in [-0.3, -0.25) is 9.59 Å². The summed E-state index contributed by atoms with van der Waals surface area (Å²) in [5.74, 6) is -1.74. The highest BCUT2D eigenvalue weighted by atomic mass is 16.5. The third kappa shape index (κ3) is 4.67. The van der Waals surface area contributed by atoms with Crippen molar-refractivity contribution < 1.29 is 19.4 Å². The Balaban J connectivity index is 2.44. The number of rotatable bonds is 7. The van der Waals surface area contributed by atoms with Gasteiger partial charge in [-0.15, -0.1) is 6.58 Å². The second-order valence-corrected chi connectivity index (χ2v) is 5.31. The van der Waals surface area contributed by atoms with Crippen LogP contribution in [0.1, 0.15) is 26.7 Å². The zero-order valence-corrected chi connectivity index (χ0v) is 11.6. The first-order valence-electron chi connectivity index (χ1n) is 6.68. The van der Waals surface area contributed by atoms with Crippen LogP contribution >= 0.6 is 0 Å². The van der Waals surface area contributed by atoms with Crippen molar-refractivity contribution >= 4 is 11.9 Å². The summed E-state index contributed by atoms with van der Waals surface area (Å²) in [7, 11) is 0. The Labute approximate surface area is 114 Å². The van der Waals surface area contributed by atoms with Crippen molar-refractivity contribution in [1.82, 2.24) is 5.32 Å². The van der Waals surface area contributed by atoms with Crippen LogP contribution in [0.3, 0.4) is 0 Å². The van der Waals surface area contributed by atoms with Crippen molar-refractivity contribution in [3.8, 4) is 0 Å². The fourth-order valence-electron chi connectivity index (χ4n) is 2.52. The van der Waals surface area contributed by atoms with Gasteiger partial charge < -0.3 is 15.2 Å². The van der Waals surface area contributed by atoms with Gasteiger partial charge in [0.05, 0.1) is 24.5 Å². The second kappa shape index (κ2) is 7.28. The molecule has 1 rings (SSSR count). The van der Waals surface area contributed by atoms with E-state index in [0.717, 1.165) is 0 Å². The van der Waals surface area contributed by atoms with Gasteiger partial charge >= 0.3 is 5.97 Å². The maximum absolute atomic E-state index is 12.0. The lowest BCUT2D eigenvalue weighted by molar-refractivity contribution is -0.146. The van der Waals surface area contributed by atoms with E-state index in [9.17, 15) is 9.59 Å². The zero-order valence-electron chi connectivity index (χ0n) is 11.6. The SMILES string of the molecule is C=CCOC(C)CNC(=O)C1CC(C)CC1C(=O)O. The molecule has 1 fully saturated rings. The predicted molar refractivity (Wildman–Crippen MR) is 71.6 cm³/mol. The molecule has 1 amide bonds. The molecule has 4 atom stereocenters. The summed E-state index contributed by atoms with van der Waals surface area (Å²) in [5.41, 5.74) is 0. The minimum Gasteiger partial charge on any atom is -0.481 e. The average molecular weight is 269 g/mol. The van der Waals surface area contributed by atoms with Gasteiger partial charge in [0, 0.05) is 6.54 Å². The molecule has 19 heavy (non-hydrogen) atoms. The molecule has 0 aromatic heterocycles. The molecule has 108 valence electrons. The molecule has 0 saturated heterocycles. The van der Waals surface area contributed by atoms with E-state index in [1.165, 1.54) is 0 Å². The van der Waals surface area contributed by atoms with E-state index >= 15 is 0 Å². The molecule has 0 radical (unpaired) electrons. The lowest BCUT2D eigenvalue weighted by Crippen LogP contribution is -2.39. The molecule has 0 bridgehead atoms. The summed E-state index contributed by atoms with van der Waals surface area (Å²) in [6.07, 6.45) is 2.77. The highest BCUT2D eigenvalue weighted by Crippen LogP contribution is 2.36. The third-order valence-electron chi connectivity index (χ3n) is 3.51. The maximum atomic E-state index is 12.0. The van der Waals surface area contributed by atoms with Crippen molar-refractivity contribution in [2.24, 2.45) is 17.8 Å².